The Morgan fingerprint density at radius 3 is 2.12 bits per heavy atom. The Hall–Kier alpha value is -4.01. The third-order valence-corrected chi connectivity index (χ3v) is 7.39. The van der Waals surface area contributed by atoms with E-state index in [4.69, 9.17) is 26.8 Å². The molecule has 0 atom stereocenters. The molecule has 2 N–H and O–H groups in total. The first-order valence-corrected chi connectivity index (χ1v) is 13.8. The highest BCUT2D eigenvalue weighted by Crippen LogP contribution is 2.37. The first-order valence-electron chi connectivity index (χ1n) is 13.4. The van der Waals surface area contributed by atoms with Crippen molar-refractivity contribution in [3.8, 4) is 11.5 Å². The Morgan fingerprint density at radius 2 is 1.55 bits per heavy atom. The lowest BCUT2D eigenvalue weighted by Gasteiger charge is -2.29. The van der Waals surface area contributed by atoms with Crippen LogP contribution in [-0.2, 0) is 12.7 Å². The summed E-state index contributed by atoms with van der Waals surface area (Å²) in [6, 6.07) is 28.7. The van der Waals surface area contributed by atoms with Gasteiger partial charge in [0.25, 0.3) is 0 Å². The summed E-state index contributed by atoms with van der Waals surface area (Å²) in [7, 11) is 1.50. The molecular weight excluding hydrogens is 565 g/mol. The zero-order chi connectivity index (χ0) is 30.1. The molecule has 0 heterocycles. The number of nitrogens with two attached hydrogens (primary N) is 1. The number of hydrogen-bond donors (Lipinski definition) is 1. The number of hydrogen-bond acceptors (Lipinski definition) is 4. The Labute approximate surface area is 248 Å². The normalized spacial score (nSPS) is 11.6. The summed E-state index contributed by atoms with van der Waals surface area (Å²) < 4.78 is 52.1. The number of methoxy groups -OCH3 is 1. The highest BCUT2D eigenvalue weighted by atomic mass is 35.5. The van der Waals surface area contributed by atoms with Gasteiger partial charge in [-0.3, -0.25) is 9.69 Å². The lowest BCUT2D eigenvalue weighted by molar-refractivity contribution is -0.137. The third kappa shape index (κ3) is 8.05. The molecule has 42 heavy (non-hydrogen) atoms. The van der Waals surface area contributed by atoms with Crippen molar-refractivity contribution in [2.75, 3.05) is 26.8 Å². The van der Waals surface area contributed by atoms with Gasteiger partial charge in [0.2, 0.25) is 5.91 Å². The van der Waals surface area contributed by atoms with Crippen molar-refractivity contribution < 1.29 is 27.4 Å². The Bertz CT molecular complexity index is 1430. The second-order valence-electron chi connectivity index (χ2n) is 9.82. The van der Waals surface area contributed by atoms with Gasteiger partial charge in [-0.1, -0.05) is 84.4 Å². The van der Waals surface area contributed by atoms with Crippen LogP contribution >= 0.6 is 11.6 Å². The lowest BCUT2D eigenvalue weighted by atomic mass is 9.90. The first-order chi connectivity index (χ1) is 20.2. The highest BCUT2D eigenvalue weighted by Gasteiger charge is 2.34. The minimum Gasteiger partial charge on any atom is -0.493 e. The fraction of sp³-hybridized carbons (Fsp3) is 0.242. The number of alkyl halides is 3. The van der Waals surface area contributed by atoms with Gasteiger partial charge in [0.1, 0.15) is 0 Å². The summed E-state index contributed by atoms with van der Waals surface area (Å²) in [6.07, 6.45) is -4.02. The Balaban J connectivity index is 1.58. The van der Waals surface area contributed by atoms with Crippen LogP contribution in [-0.4, -0.2) is 37.6 Å². The van der Waals surface area contributed by atoms with Crippen LogP contribution in [0.15, 0.2) is 97.1 Å². The molecule has 220 valence electrons. The van der Waals surface area contributed by atoms with Gasteiger partial charge in [-0.25, -0.2) is 0 Å². The molecular formula is C33H32ClF3N2O3. The minimum absolute atomic E-state index is 0.0368. The maximum atomic E-state index is 13.6. The van der Waals surface area contributed by atoms with Crippen molar-refractivity contribution in [3.63, 3.8) is 0 Å². The van der Waals surface area contributed by atoms with E-state index < -0.39 is 17.6 Å². The van der Waals surface area contributed by atoms with Gasteiger partial charge in [0.15, 0.2) is 11.5 Å². The molecule has 0 saturated carbocycles. The summed E-state index contributed by atoms with van der Waals surface area (Å²) in [4.78, 5) is 13.7. The van der Waals surface area contributed by atoms with Crippen molar-refractivity contribution in [2.24, 2.45) is 5.73 Å². The number of carbonyl (C=O) groups excluding carboxylic acids is 1. The van der Waals surface area contributed by atoms with Gasteiger partial charge >= 0.3 is 6.18 Å². The van der Waals surface area contributed by atoms with Gasteiger partial charge in [-0.05, 0) is 47.4 Å². The van der Waals surface area contributed by atoms with E-state index >= 15 is 0 Å². The van der Waals surface area contributed by atoms with E-state index in [1.165, 1.54) is 19.2 Å². The van der Waals surface area contributed by atoms with Crippen LogP contribution in [0.1, 0.15) is 45.0 Å². The molecule has 9 heteroatoms. The third-order valence-electron chi connectivity index (χ3n) is 6.95. The lowest BCUT2D eigenvalue weighted by Crippen LogP contribution is -2.31. The monoisotopic (exact) mass is 596 g/mol. The standard InChI is InChI=1S/C33H32ClF3N2O3/c1-41-29-17-16-25(32(38)40)20-30(29)42-19-9-18-39(21-26-14-8-15-28(31(26)34)33(35,36)37)22-27(23-10-4-2-5-11-23)24-12-6-3-7-13-24/h2-8,10-17,20,27H,9,18-19,21-22H2,1H3,(H2,38,40). The molecule has 0 aromatic heterocycles. The van der Waals surface area contributed by atoms with E-state index in [-0.39, 0.29) is 24.1 Å². The van der Waals surface area contributed by atoms with Crippen molar-refractivity contribution >= 4 is 17.5 Å². The zero-order valence-corrected chi connectivity index (χ0v) is 23.9. The van der Waals surface area contributed by atoms with Crippen LogP contribution in [0.2, 0.25) is 5.02 Å². The second kappa shape index (κ2) is 14.2. The predicted octanol–water partition coefficient (Wildman–Crippen LogP) is 7.57. The van der Waals surface area contributed by atoms with Crippen LogP contribution in [0.3, 0.4) is 0 Å². The molecule has 5 nitrogen and oxygen atoms in total. The van der Waals surface area contributed by atoms with E-state index in [2.05, 4.69) is 4.90 Å². The van der Waals surface area contributed by atoms with Gasteiger partial charge in [-0.2, -0.15) is 13.2 Å². The summed E-state index contributed by atoms with van der Waals surface area (Å²) in [5.74, 6) is 0.221. The van der Waals surface area contributed by atoms with Crippen LogP contribution in [0.25, 0.3) is 0 Å². The van der Waals surface area contributed by atoms with Gasteiger partial charge < -0.3 is 15.2 Å². The zero-order valence-electron chi connectivity index (χ0n) is 23.1. The van der Waals surface area contributed by atoms with E-state index in [1.54, 1.807) is 18.2 Å². The number of nitrogens with zero attached hydrogens (tertiary/aromatic N) is 1. The predicted molar refractivity (Wildman–Crippen MR) is 158 cm³/mol. The molecule has 0 spiro atoms. The molecule has 0 saturated heterocycles. The van der Waals surface area contributed by atoms with Gasteiger partial charge in [0.05, 0.1) is 24.3 Å². The Kier molecular flexibility index (Phi) is 10.5. The molecule has 1 amide bonds. The molecule has 4 aromatic rings. The van der Waals surface area contributed by atoms with Crippen LogP contribution < -0.4 is 15.2 Å². The smallest absolute Gasteiger partial charge is 0.417 e. The van der Waals surface area contributed by atoms with Crippen LogP contribution in [0.4, 0.5) is 13.2 Å². The molecule has 0 fully saturated rings. The number of benzene rings is 4. The summed E-state index contributed by atoms with van der Waals surface area (Å²) >= 11 is 6.30. The molecule has 0 aliphatic rings. The fourth-order valence-electron chi connectivity index (χ4n) is 4.84. The van der Waals surface area contributed by atoms with Gasteiger partial charge in [0, 0.05) is 31.1 Å². The number of rotatable bonds is 13. The molecule has 4 rings (SSSR count). The second-order valence-corrected chi connectivity index (χ2v) is 10.2. The molecule has 4 aromatic carbocycles. The maximum Gasteiger partial charge on any atom is 0.417 e. The van der Waals surface area contributed by atoms with Crippen molar-refractivity contribution in [2.45, 2.75) is 25.1 Å². The number of ether oxygens (including phenoxy) is 2. The number of primary amides is 1. The van der Waals surface area contributed by atoms with E-state index in [0.29, 0.717) is 42.1 Å². The Morgan fingerprint density at radius 1 is 0.905 bits per heavy atom. The van der Waals surface area contributed by atoms with Crippen molar-refractivity contribution in [3.05, 3.63) is 130 Å². The average molecular weight is 597 g/mol. The van der Waals surface area contributed by atoms with E-state index in [1.807, 2.05) is 60.7 Å². The molecule has 0 unspecified atom stereocenters. The quantitative estimate of drug-likeness (QED) is 0.162. The number of amides is 1. The molecule has 0 radical (unpaired) electrons. The minimum atomic E-state index is -4.55. The van der Waals surface area contributed by atoms with E-state index in [0.717, 1.165) is 17.2 Å². The topological polar surface area (TPSA) is 64.8 Å². The first kappa shape index (κ1) is 30.9. The highest BCUT2D eigenvalue weighted by molar-refractivity contribution is 6.32. The SMILES string of the molecule is COc1ccc(C(N)=O)cc1OCCCN(Cc1cccc(C(F)(F)F)c1Cl)CC(c1ccccc1)c1ccccc1. The fourth-order valence-corrected chi connectivity index (χ4v) is 5.13. The average Bonchev–Trinajstić information content (AvgIpc) is 2.99. The number of carbonyl (C=O) groups is 1. The summed E-state index contributed by atoms with van der Waals surface area (Å²) in [6.45, 7) is 1.51. The van der Waals surface area contributed by atoms with Crippen molar-refractivity contribution in [1.82, 2.24) is 4.90 Å². The van der Waals surface area contributed by atoms with Gasteiger partial charge in [-0.15, -0.1) is 0 Å². The largest absolute Gasteiger partial charge is 0.493 e. The summed E-state index contributed by atoms with van der Waals surface area (Å²) in [5, 5.41) is -0.296. The molecule has 0 aliphatic carbocycles. The maximum absolute atomic E-state index is 13.6. The van der Waals surface area contributed by atoms with E-state index in [9.17, 15) is 18.0 Å². The summed E-state index contributed by atoms with van der Waals surface area (Å²) in [5.41, 5.74) is 7.42. The molecule has 0 bridgehead atoms. The molecule has 0 aliphatic heterocycles. The van der Waals surface area contributed by atoms with Crippen molar-refractivity contribution in [1.29, 1.82) is 0 Å². The van der Waals surface area contributed by atoms with Crippen LogP contribution in [0, 0.1) is 0 Å². The number of halogens is 4. The van der Waals surface area contributed by atoms with Crippen LogP contribution in [0.5, 0.6) is 11.5 Å².